The number of ether oxygens (including phenoxy) is 1. The molecule has 0 bridgehead atoms. The molecule has 6 nitrogen and oxygen atoms in total. The number of rotatable bonds is 6. The number of aromatic nitrogens is 1. The van der Waals surface area contributed by atoms with E-state index in [0.29, 0.717) is 36.5 Å². The molecule has 8 heteroatoms. The Labute approximate surface area is 205 Å². The number of aliphatic hydroxyl groups is 1. The van der Waals surface area contributed by atoms with Gasteiger partial charge in [0.2, 0.25) is 0 Å². The SMILES string of the molecule is Cc1ccc(OCc2cc([C@@H]3CCCN3C(=O)C(F)(F)C3(O)CC(C)(C)CC(C)(C)C3)no2)cc1. The second-order valence-electron chi connectivity index (χ2n) is 11.9. The van der Waals surface area contributed by atoms with Crippen molar-refractivity contribution in [2.75, 3.05) is 6.54 Å². The van der Waals surface area contributed by atoms with E-state index in [-0.39, 0.29) is 26.0 Å². The van der Waals surface area contributed by atoms with Crippen molar-refractivity contribution in [3.05, 3.63) is 47.3 Å². The van der Waals surface area contributed by atoms with E-state index in [1.54, 1.807) is 6.07 Å². The minimum absolute atomic E-state index is 0.134. The molecule has 1 aliphatic carbocycles. The van der Waals surface area contributed by atoms with Gasteiger partial charge in [-0.15, -0.1) is 0 Å². The van der Waals surface area contributed by atoms with Crippen LogP contribution in [0.1, 0.15) is 82.9 Å². The highest BCUT2D eigenvalue weighted by Gasteiger charge is 2.65. The molecule has 0 unspecified atom stereocenters. The van der Waals surface area contributed by atoms with Gasteiger partial charge in [0, 0.05) is 12.6 Å². The lowest BCUT2D eigenvalue weighted by Gasteiger charge is -2.51. The van der Waals surface area contributed by atoms with Crippen LogP contribution in [0.2, 0.25) is 0 Å². The Hall–Kier alpha value is -2.48. The molecule has 2 aromatic rings. The van der Waals surface area contributed by atoms with Gasteiger partial charge in [-0.2, -0.15) is 8.78 Å². The first-order valence-corrected chi connectivity index (χ1v) is 12.3. The van der Waals surface area contributed by atoms with Crippen molar-refractivity contribution < 1.29 is 27.9 Å². The van der Waals surface area contributed by atoms with Crippen molar-refractivity contribution in [1.29, 1.82) is 0 Å². The Morgan fingerprint density at radius 3 is 2.43 bits per heavy atom. The van der Waals surface area contributed by atoms with Crippen LogP contribution < -0.4 is 4.74 Å². The van der Waals surface area contributed by atoms with Gasteiger partial charge >= 0.3 is 5.92 Å². The van der Waals surface area contributed by atoms with E-state index in [0.717, 1.165) is 10.5 Å². The van der Waals surface area contributed by atoms with Crippen LogP contribution in [-0.2, 0) is 11.4 Å². The lowest BCUT2D eigenvalue weighted by Crippen LogP contribution is -2.62. The Morgan fingerprint density at radius 1 is 1.17 bits per heavy atom. The second kappa shape index (κ2) is 8.87. The van der Waals surface area contributed by atoms with E-state index in [4.69, 9.17) is 9.26 Å². The maximum absolute atomic E-state index is 15.8. The van der Waals surface area contributed by atoms with Gasteiger partial charge in [0.05, 0.1) is 6.04 Å². The Balaban J connectivity index is 1.49. The van der Waals surface area contributed by atoms with Crippen LogP contribution in [0.5, 0.6) is 5.75 Å². The maximum Gasteiger partial charge on any atom is 0.352 e. The molecule has 4 rings (SSSR count). The summed E-state index contributed by atoms with van der Waals surface area (Å²) in [6.07, 6.45) is 1.51. The lowest BCUT2D eigenvalue weighted by atomic mass is 9.58. The highest BCUT2D eigenvalue weighted by Crippen LogP contribution is 2.55. The van der Waals surface area contributed by atoms with E-state index in [1.165, 1.54) is 0 Å². The minimum atomic E-state index is -3.91. The third kappa shape index (κ3) is 5.22. The molecule has 192 valence electrons. The minimum Gasteiger partial charge on any atom is -0.486 e. The molecule has 1 saturated heterocycles. The summed E-state index contributed by atoms with van der Waals surface area (Å²) in [6, 6.07) is 8.61. The smallest absolute Gasteiger partial charge is 0.352 e. The largest absolute Gasteiger partial charge is 0.486 e. The number of aryl methyl sites for hydroxylation is 1. The molecule has 1 aliphatic heterocycles. The first-order chi connectivity index (χ1) is 16.2. The van der Waals surface area contributed by atoms with Gasteiger partial charge in [-0.05, 0) is 62.0 Å². The quantitative estimate of drug-likeness (QED) is 0.552. The van der Waals surface area contributed by atoms with Crippen LogP contribution in [0.4, 0.5) is 8.78 Å². The van der Waals surface area contributed by atoms with E-state index in [2.05, 4.69) is 5.16 Å². The third-order valence-corrected chi connectivity index (χ3v) is 7.19. The topological polar surface area (TPSA) is 75.8 Å². The van der Waals surface area contributed by atoms with E-state index < -0.39 is 34.3 Å². The molecule has 0 spiro atoms. The number of hydrogen-bond donors (Lipinski definition) is 1. The van der Waals surface area contributed by atoms with Gasteiger partial charge in [0.25, 0.3) is 5.91 Å². The van der Waals surface area contributed by atoms with Gasteiger partial charge < -0.3 is 19.3 Å². The molecule has 1 saturated carbocycles. The summed E-state index contributed by atoms with van der Waals surface area (Å²) in [7, 11) is 0. The van der Waals surface area contributed by atoms with Crippen LogP contribution in [0, 0.1) is 17.8 Å². The molecule has 35 heavy (non-hydrogen) atoms. The fraction of sp³-hybridized carbons (Fsp3) is 0.630. The van der Waals surface area contributed by atoms with Crippen LogP contribution in [-0.4, -0.2) is 39.1 Å². The first-order valence-electron chi connectivity index (χ1n) is 12.3. The number of amides is 1. The number of likely N-dealkylation sites (tertiary alicyclic amines) is 1. The van der Waals surface area contributed by atoms with Crippen molar-refractivity contribution in [1.82, 2.24) is 10.1 Å². The molecular formula is C27H36F2N2O4. The van der Waals surface area contributed by atoms with Gasteiger partial charge in [-0.3, -0.25) is 4.79 Å². The summed E-state index contributed by atoms with van der Waals surface area (Å²) in [5.74, 6) is -4.12. The number of hydrogen-bond acceptors (Lipinski definition) is 5. The van der Waals surface area contributed by atoms with Gasteiger partial charge in [-0.1, -0.05) is 50.5 Å². The molecule has 1 aromatic heterocycles. The summed E-state index contributed by atoms with van der Waals surface area (Å²) < 4.78 is 42.6. The monoisotopic (exact) mass is 490 g/mol. The molecule has 1 aromatic carbocycles. The van der Waals surface area contributed by atoms with Gasteiger partial charge in [-0.25, -0.2) is 0 Å². The standard InChI is InChI=1S/C27H36F2N2O4/c1-18-8-10-19(11-9-18)34-14-20-13-21(30-35-20)22-7-6-12-31(22)23(32)27(28,29)26(33)16-24(2,3)15-25(4,5)17-26/h8-11,13,22,33H,6-7,12,14-17H2,1-5H3/t22-/m0/s1. The van der Waals surface area contributed by atoms with Crippen molar-refractivity contribution in [3.8, 4) is 5.75 Å². The van der Waals surface area contributed by atoms with E-state index in [9.17, 15) is 9.90 Å². The molecule has 1 amide bonds. The second-order valence-corrected chi connectivity index (χ2v) is 11.9. The normalized spacial score (nSPS) is 23.3. The van der Waals surface area contributed by atoms with Crippen LogP contribution in [0.25, 0.3) is 0 Å². The average Bonchev–Trinajstić information content (AvgIpc) is 3.39. The molecule has 2 fully saturated rings. The van der Waals surface area contributed by atoms with Crippen molar-refractivity contribution in [2.24, 2.45) is 10.8 Å². The zero-order valence-corrected chi connectivity index (χ0v) is 21.2. The number of nitrogens with zero attached hydrogens (tertiary/aromatic N) is 2. The first kappa shape index (κ1) is 25.6. The summed E-state index contributed by atoms with van der Waals surface area (Å²) in [6.45, 7) is 9.78. The Kier molecular flexibility index (Phi) is 6.49. The molecule has 0 radical (unpaired) electrons. The predicted molar refractivity (Wildman–Crippen MR) is 127 cm³/mol. The number of benzene rings is 1. The summed E-state index contributed by atoms with van der Waals surface area (Å²) in [4.78, 5) is 14.4. The van der Waals surface area contributed by atoms with Crippen molar-refractivity contribution in [2.45, 2.75) is 90.9 Å². The zero-order chi connectivity index (χ0) is 25.6. The number of carbonyl (C=O) groups is 1. The fourth-order valence-electron chi connectivity index (χ4n) is 6.33. The highest BCUT2D eigenvalue weighted by atomic mass is 19.3. The molecule has 2 aliphatic rings. The Morgan fingerprint density at radius 2 is 1.80 bits per heavy atom. The summed E-state index contributed by atoms with van der Waals surface area (Å²) >= 11 is 0. The molecular weight excluding hydrogens is 454 g/mol. The number of carbonyl (C=O) groups excluding carboxylic acids is 1. The van der Waals surface area contributed by atoms with Crippen LogP contribution in [0.3, 0.4) is 0 Å². The van der Waals surface area contributed by atoms with Gasteiger partial charge in [0.1, 0.15) is 23.7 Å². The summed E-state index contributed by atoms with van der Waals surface area (Å²) in [5, 5.41) is 15.3. The third-order valence-electron chi connectivity index (χ3n) is 7.19. The van der Waals surface area contributed by atoms with E-state index >= 15 is 8.78 Å². The van der Waals surface area contributed by atoms with Crippen LogP contribution in [0.15, 0.2) is 34.9 Å². The highest BCUT2D eigenvalue weighted by molar-refractivity contribution is 5.85. The van der Waals surface area contributed by atoms with Crippen molar-refractivity contribution in [3.63, 3.8) is 0 Å². The maximum atomic E-state index is 15.8. The molecule has 1 atom stereocenters. The number of alkyl halides is 2. The van der Waals surface area contributed by atoms with E-state index in [1.807, 2.05) is 58.9 Å². The predicted octanol–water partition coefficient (Wildman–Crippen LogP) is 5.83. The molecule has 2 heterocycles. The fourth-order valence-corrected chi connectivity index (χ4v) is 6.33. The summed E-state index contributed by atoms with van der Waals surface area (Å²) in [5.41, 5.74) is -1.89. The van der Waals surface area contributed by atoms with Crippen LogP contribution >= 0.6 is 0 Å². The van der Waals surface area contributed by atoms with Gasteiger partial charge in [0.15, 0.2) is 5.76 Å². The lowest BCUT2D eigenvalue weighted by molar-refractivity contribution is -0.231. The number of halogens is 2. The van der Waals surface area contributed by atoms with Crippen molar-refractivity contribution >= 4 is 5.91 Å². The molecule has 1 N–H and O–H groups in total. The zero-order valence-electron chi connectivity index (χ0n) is 21.2. The Bertz CT molecular complexity index is 1050. The average molecular weight is 491 g/mol.